The molecule has 0 aromatic heterocycles. The van der Waals surface area contributed by atoms with E-state index in [0.29, 0.717) is 5.92 Å². The first-order valence-corrected chi connectivity index (χ1v) is 10.5. The van der Waals surface area contributed by atoms with Crippen molar-refractivity contribution in [1.82, 2.24) is 0 Å². The molecule has 1 N–H and O–H groups in total. The molecule has 0 heterocycles. The molecule has 1 aliphatic carbocycles. The van der Waals surface area contributed by atoms with E-state index in [1.54, 1.807) is 0 Å². The van der Waals surface area contributed by atoms with Crippen LogP contribution in [0.4, 0.5) is 0 Å². The molecule has 1 nitrogen and oxygen atoms in total. The molecule has 1 atom stereocenters. The van der Waals surface area contributed by atoms with Crippen molar-refractivity contribution in [3.05, 3.63) is 82.5 Å². The summed E-state index contributed by atoms with van der Waals surface area (Å²) in [6.07, 6.45) is 20.7. The summed E-state index contributed by atoms with van der Waals surface area (Å²) in [7, 11) is 0. The Balaban J connectivity index is 2.73. The molecule has 0 unspecified atom stereocenters. The third-order valence-electron chi connectivity index (χ3n) is 5.45. The van der Waals surface area contributed by atoms with Crippen LogP contribution < -0.4 is 0 Å². The zero-order chi connectivity index (χ0) is 21.3. The molecule has 1 heteroatoms. The molecule has 0 aliphatic heterocycles. The van der Waals surface area contributed by atoms with Gasteiger partial charge in [-0.2, -0.15) is 0 Å². The number of allylic oxidation sites excluding steroid dienone is 13. The Morgan fingerprint density at radius 3 is 2.14 bits per heavy atom. The Hall–Kier alpha value is -1.86. The highest BCUT2D eigenvalue weighted by Crippen LogP contribution is 2.41. The maximum Gasteiger partial charge on any atom is 0.0585 e. The summed E-state index contributed by atoms with van der Waals surface area (Å²) in [5, 5.41) is 10.0. The second-order valence-corrected chi connectivity index (χ2v) is 9.10. The van der Waals surface area contributed by atoms with Gasteiger partial charge in [-0.15, -0.1) is 0 Å². The standard InChI is InChI=1S/C27H40O/c1-20(2)23(5)15-10-9-12-21(3)13-11-14-22(4)16-17-26-24(6)18-25(28)19-27(26,7)8/h9-17,20,25,28H,18-19H2,1-8H3/b10-9+,13-11+,17-16+,21-12+,22-14+,23-15+/t25-/m1/s1. The van der Waals surface area contributed by atoms with Crippen LogP contribution in [-0.2, 0) is 0 Å². The highest BCUT2D eigenvalue weighted by molar-refractivity contribution is 5.37. The van der Waals surface area contributed by atoms with Gasteiger partial charge in [-0.25, -0.2) is 0 Å². The van der Waals surface area contributed by atoms with E-state index in [4.69, 9.17) is 0 Å². The predicted molar refractivity (Wildman–Crippen MR) is 125 cm³/mol. The van der Waals surface area contributed by atoms with Crippen molar-refractivity contribution >= 4 is 0 Å². The Morgan fingerprint density at radius 1 is 0.964 bits per heavy atom. The SMILES string of the molecule is CC1=C(/C=C/C(C)=C/C=C/C(C)=C/C=C/C=C(\C)C(C)C)C(C)(C)C[C@H](O)C1. The van der Waals surface area contributed by atoms with E-state index in [1.165, 1.54) is 27.9 Å². The minimum absolute atomic E-state index is 0.0302. The lowest BCUT2D eigenvalue weighted by molar-refractivity contribution is 0.116. The van der Waals surface area contributed by atoms with Crippen molar-refractivity contribution in [3.8, 4) is 0 Å². The van der Waals surface area contributed by atoms with Gasteiger partial charge in [0.05, 0.1) is 6.10 Å². The molecule has 0 fully saturated rings. The minimum atomic E-state index is -0.208. The van der Waals surface area contributed by atoms with Crippen LogP contribution in [0.1, 0.15) is 68.2 Å². The normalized spacial score (nSPS) is 22.5. The topological polar surface area (TPSA) is 20.2 Å². The predicted octanol–water partition coefficient (Wildman–Crippen LogP) is 7.65. The van der Waals surface area contributed by atoms with Crippen LogP contribution in [0, 0.1) is 11.3 Å². The van der Waals surface area contributed by atoms with Crippen molar-refractivity contribution in [1.29, 1.82) is 0 Å². The first kappa shape index (κ1) is 24.2. The molecule has 28 heavy (non-hydrogen) atoms. The number of hydrogen-bond donors (Lipinski definition) is 1. The molecule has 0 amide bonds. The van der Waals surface area contributed by atoms with Crippen molar-refractivity contribution in [2.45, 2.75) is 74.3 Å². The van der Waals surface area contributed by atoms with Crippen LogP contribution in [0.15, 0.2) is 82.5 Å². The van der Waals surface area contributed by atoms with Crippen LogP contribution in [-0.4, -0.2) is 11.2 Å². The summed E-state index contributed by atoms with van der Waals surface area (Å²) in [6, 6.07) is 0. The summed E-state index contributed by atoms with van der Waals surface area (Å²) in [4.78, 5) is 0. The van der Waals surface area contributed by atoms with E-state index in [-0.39, 0.29) is 11.5 Å². The molecule has 0 aromatic rings. The second-order valence-electron chi connectivity index (χ2n) is 9.10. The van der Waals surface area contributed by atoms with Crippen molar-refractivity contribution in [2.24, 2.45) is 11.3 Å². The number of hydrogen-bond acceptors (Lipinski definition) is 1. The third-order valence-corrected chi connectivity index (χ3v) is 5.45. The third kappa shape index (κ3) is 8.44. The van der Waals surface area contributed by atoms with Crippen LogP contribution in [0.3, 0.4) is 0 Å². The zero-order valence-electron chi connectivity index (χ0n) is 19.2. The van der Waals surface area contributed by atoms with Gasteiger partial charge in [0.25, 0.3) is 0 Å². The van der Waals surface area contributed by atoms with Crippen LogP contribution in [0.2, 0.25) is 0 Å². The molecule has 0 saturated heterocycles. The second kappa shape index (κ2) is 11.2. The van der Waals surface area contributed by atoms with Gasteiger partial charge in [0.15, 0.2) is 0 Å². The largest absolute Gasteiger partial charge is 0.393 e. The average Bonchev–Trinajstić information content (AvgIpc) is 2.56. The van der Waals surface area contributed by atoms with Crippen LogP contribution >= 0.6 is 0 Å². The van der Waals surface area contributed by atoms with Crippen molar-refractivity contribution in [2.75, 3.05) is 0 Å². The van der Waals surface area contributed by atoms with Gasteiger partial charge in [-0.1, -0.05) is 105 Å². The molecule has 0 aromatic carbocycles. The van der Waals surface area contributed by atoms with Gasteiger partial charge in [-0.3, -0.25) is 0 Å². The quantitative estimate of drug-likeness (QED) is 0.450. The molecule has 1 rings (SSSR count). The van der Waals surface area contributed by atoms with E-state index in [2.05, 4.69) is 110 Å². The molecule has 0 saturated carbocycles. The molecular formula is C27H40O. The molecule has 0 spiro atoms. The smallest absolute Gasteiger partial charge is 0.0585 e. The fourth-order valence-corrected chi connectivity index (χ4v) is 3.46. The summed E-state index contributed by atoms with van der Waals surface area (Å²) in [6.45, 7) is 17.4. The van der Waals surface area contributed by atoms with Crippen molar-refractivity contribution < 1.29 is 5.11 Å². The first-order valence-electron chi connectivity index (χ1n) is 10.5. The maximum absolute atomic E-state index is 10.0. The Labute approximate surface area is 173 Å². The number of aliphatic hydroxyl groups excluding tert-OH is 1. The van der Waals surface area contributed by atoms with E-state index >= 15 is 0 Å². The molecule has 1 aliphatic rings. The summed E-state index contributed by atoms with van der Waals surface area (Å²) in [5.41, 5.74) is 6.53. The highest BCUT2D eigenvalue weighted by Gasteiger charge is 2.31. The fourth-order valence-electron chi connectivity index (χ4n) is 3.46. The monoisotopic (exact) mass is 380 g/mol. The fraction of sp³-hybridized carbons (Fsp3) is 0.481. The minimum Gasteiger partial charge on any atom is -0.393 e. The number of rotatable bonds is 7. The zero-order valence-corrected chi connectivity index (χ0v) is 19.2. The molecule has 0 radical (unpaired) electrons. The van der Waals surface area contributed by atoms with E-state index < -0.39 is 0 Å². The van der Waals surface area contributed by atoms with Gasteiger partial charge in [0.1, 0.15) is 0 Å². The highest BCUT2D eigenvalue weighted by atomic mass is 16.3. The molecule has 154 valence electrons. The lowest BCUT2D eigenvalue weighted by Crippen LogP contribution is -2.28. The van der Waals surface area contributed by atoms with E-state index in [1.807, 2.05) is 0 Å². The van der Waals surface area contributed by atoms with Gasteiger partial charge in [-0.05, 0) is 57.4 Å². The Morgan fingerprint density at radius 2 is 1.54 bits per heavy atom. The van der Waals surface area contributed by atoms with Crippen LogP contribution in [0.25, 0.3) is 0 Å². The maximum atomic E-state index is 10.0. The summed E-state index contributed by atoms with van der Waals surface area (Å²) >= 11 is 0. The van der Waals surface area contributed by atoms with Gasteiger partial charge >= 0.3 is 0 Å². The lowest BCUT2D eigenvalue weighted by atomic mass is 9.71. The van der Waals surface area contributed by atoms with Crippen molar-refractivity contribution in [3.63, 3.8) is 0 Å². The first-order chi connectivity index (χ1) is 13.0. The summed E-state index contributed by atoms with van der Waals surface area (Å²) in [5.74, 6) is 0.597. The molecular weight excluding hydrogens is 340 g/mol. The lowest BCUT2D eigenvalue weighted by Gasteiger charge is -2.35. The summed E-state index contributed by atoms with van der Waals surface area (Å²) < 4.78 is 0. The number of aliphatic hydroxyl groups is 1. The van der Waals surface area contributed by atoms with Crippen LogP contribution in [0.5, 0.6) is 0 Å². The average molecular weight is 381 g/mol. The Kier molecular flexibility index (Phi) is 9.69. The Bertz CT molecular complexity index is 730. The van der Waals surface area contributed by atoms with E-state index in [0.717, 1.165) is 12.8 Å². The van der Waals surface area contributed by atoms with Gasteiger partial charge in [0, 0.05) is 0 Å². The van der Waals surface area contributed by atoms with Gasteiger partial charge < -0.3 is 5.11 Å². The van der Waals surface area contributed by atoms with Gasteiger partial charge in [0.2, 0.25) is 0 Å². The molecule has 0 bridgehead atoms. The van der Waals surface area contributed by atoms with E-state index in [9.17, 15) is 5.11 Å².